The highest BCUT2D eigenvalue weighted by Gasteiger charge is 2.45. The third kappa shape index (κ3) is 2.91. The average Bonchev–Trinajstić information content (AvgIpc) is 3.06. The van der Waals surface area contributed by atoms with Crippen LogP contribution in [0.25, 0.3) is 11.5 Å². The molecule has 1 fully saturated rings. The number of alkyl halides is 2. The van der Waals surface area contributed by atoms with E-state index in [0.29, 0.717) is 29.7 Å². The number of nitrogens with two attached hydrogens (primary N) is 1. The van der Waals surface area contributed by atoms with Crippen LogP contribution in [0.1, 0.15) is 42.8 Å². The van der Waals surface area contributed by atoms with E-state index in [9.17, 15) is 13.2 Å². The van der Waals surface area contributed by atoms with Crippen molar-refractivity contribution >= 4 is 17.5 Å². The van der Waals surface area contributed by atoms with Gasteiger partial charge in [-0.25, -0.2) is 14.4 Å². The molecule has 0 radical (unpaired) electrons. The summed E-state index contributed by atoms with van der Waals surface area (Å²) < 4.78 is 44.2. The minimum Gasteiger partial charge on any atom is -0.415 e. The Morgan fingerprint density at radius 2 is 2.00 bits per heavy atom. The van der Waals surface area contributed by atoms with Gasteiger partial charge in [-0.3, -0.25) is 0 Å². The normalized spacial score (nSPS) is 15.7. The molecule has 6 nitrogen and oxygen atoms in total. The molecule has 0 amide bonds. The van der Waals surface area contributed by atoms with Gasteiger partial charge in [-0.2, -0.15) is 8.78 Å². The highest BCUT2D eigenvalue weighted by atomic mass is 35.5. The predicted molar refractivity (Wildman–Crippen MR) is 90.7 cm³/mol. The average molecular weight is 396 g/mol. The van der Waals surface area contributed by atoms with E-state index in [0.717, 1.165) is 6.42 Å². The summed E-state index contributed by atoms with van der Waals surface area (Å²) in [5, 5.41) is 7.29. The van der Waals surface area contributed by atoms with Gasteiger partial charge < -0.3 is 10.2 Å². The van der Waals surface area contributed by atoms with Crippen molar-refractivity contribution in [3.8, 4) is 11.5 Å². The number of aromatic nitrogens is 4. The number of benzene rings is 1. The summed E-state index contributed by atoms with van der Waals surface area (Å²) in [7, 11) is 0. The first-order valence-corrected chi connectivity index (χ1v) is 8.49. The van der Waals surface area contributed by atoms with Crippen LogP contribution in [0, 0.1) is 5.82 Å². The molecule has 1 aliphatic carbocycles. The number of hydrogen-bond acceptors (Lipinski definition) is 6. The van der Waals surface area contributed by atoms with E-state index in [-0.39, 0.29) is 16.9 Å². The topological polar surface area (TPSA) is 90.7 Å². The Hall–Kier alpha value is -2.68. The zero-order valence-corrected chi connectivity index (χ0v) is 14.6. The van der Waals surface area contributed by atoms with E-state index in [1.807, 2.05) is 0 Å². The highest BCUT2D eigenvalue weighted by Crippen LogP contribution is 2.52. The molecule has 140 valence electrons. The zero-order valence-electron chi connectivity index (χ0n) is 13.8. The van der Waals surface area contributed by atoms with Gasteiger partial charge in [-0.1, -0.05) is 24.1 Å². The standard InChI is InChI=1S/C17H13ClF3N5O/c18-11-6-8(19)2-3-10(11)17(4-1-5-17)12-9(7-23-16(22)24-12)14-25-26-15(27-14)13(20)21/h2-3,6-7,13H,1,4-5H2,(H2,22,23,24). The molecule has 0 spiro atoms. The van der Waals surface area contributed by atoms with Crippen LogP contribution in [0.3, 0.4) is 0 Å². The minimum atomic E-state index is -2.89. The molecule has 10 heteroatoms. The second kappa shape index (κ2) is 6.49. The minimum absolute atomic E-state index is 0.00635. The molecule has 2 heterocycles. The van der Waals surface area contributed by atoms with Gasteiger partial charge >= 0.3 is 6.43 Å². The van der Waals surface area contributed by atoms with Crippen LogP contribution in [0.4, 0.5) is 19.1 Å². The van der Waals surface area contributed by atoms with Crippen LogP contribution in [-0.2, 0) is 5.41 Å². The lowest BCUT2D eigenvalue weighted by Gasteiger charge is -2.43. The Labute approximate surface area is 156 Å². The molecule has 27 heavy (non-hydrogen) atoms. The summed E-state index contributed by atoms with van der Waals surface area (Å²) >= 11 is 6.30. The summed E-state index contributed by atoms with van der Waals surface area (Å²) in [6, 6.07) is 4.13. The molecule has 0 bridgehead atoms. The molecule has 4 rings (SSSR count). The summed E-state index contributed by atoms with van der Waals surface area (Å²) in [6.07, 6.45) is 0.671. The van der Waals surface area contributed by atoms with Crippen LogP contribution in [0.5, 0.6) is 0 Å². The van der Waals surface area contributed by atoms with Crippen LogP contribution >= 0.6 is 11.6 Å². The molecular formula is C17H13ClF3N5O. The molecule has 1 aromatic carbocycles. The number of hydrogen-bond donors (Lipinski definition) is 1. The number of nitrogen functional groups attached to an aromatic ring is 1. The van der Waals surface area contributed by atoms with Gasteiger partial charge in [0.15, 0.2) is 0 Å². The fraction of sp³-hybridized carbons (Fsp3) is 0.294. The lowest BCUT2D eigenvalue weighted by atomic mass is 9.61. The Morgan fingerprint density at radius 3 is 2.59 bits per heavy atom. The summed E-state index contributed by atoms with van der Waals surface area (Å²) in [4.78, 5) is 8.27. The monoisotopic (exact) mass is 395 g/mol. The van der Waals surface area contributed by atoms with Gasteiger partial charge in [-0.15, -0.1) is 10.2 Å². The Kier molecular flexibility index (Phi) is 4.26. The predicted octanol–water partition coefficient (Wildman–Crippen LogP) is 4.31. The molecule has 1 aliphatic rings. The maximum absolute atomic E-state index is 13.5. The SMILES string of the molecule is Nc1ncc(-c2nnc(C(F)F)o2)c(C2(c3ccc(F)cc3Cl)CCC2)n1. The summed E-state index contributed by atoms with van der Waals surface area (Å²) in [5.74, 6) is -1.38. The van der Waals surface area contributed by atoms with Crippen molar-refractivity contribution in [2.75, 3.05) is 5.73 Å². The van der Waals surface area contributed by atoms with Crippen molar-refractivity contribution in [1.29, 1.82) is 0 Å². The van der Waals surface area contributed by atoms with Gasteiger partial charge in [0.25, 0.3) is 11.8 Å². The fourth-order valence-electron chi connectivity index (χ4n) is 3.39. The third-order valence-electron chi connectivity index (χ3n) is 4.77. The first kappa shape index (κ1) is 17.7. The molecule has 2 aromatic heterocycles. The highest BCUT2D eigenvalue weighted by molar-refractivity contribution is 6.31. The summed E-state index contributed by atoms with van der Waals surface area (Å²) in [5.41, 5.74) is 6.51. The molecular weight excluding hydrogens is 383 g/mol. The van der Waals surface area contributed by atoms with Crippen LogP contribution in [0.15, 0.2) is 28.8 Å². The van der Waals surface area contributed by atoms with Gasteiger partial charge in [0, 0.05) is 16.6 Å². The zero-order chi connectivity index (χ0) is 19.2. The van der Waals surface area contributed by atoms with E-state index in [2.05, 4.69) is 20.2 Å². The Balaban J connectivity index is 1.90. The third-order valence-corrected chi connectivity index (χ3v) is 5.08. The summed E-state index contributed by atoms with van der Waals surface area (Å²) in [6.45, 7) is 0. The van der Waals surface area contributed by atoms with Crippen LogP contribution in [-0.4, -0.2) is 20.2 Å². The second-order valence-electron chi connectivity index (χ2n) is 6.30. The largest absolute Gasteiger partial charge is 0.415 e. The lowest BCUT2D eigenvalue weighted by Crippen LogP contribution is -2.37. The molecule has 0 saturated heterocycles. The molecule has 0 unspecified atom stereocenters. The van der Waals surface area contributed by atoms with Crippen molar-refractivity contribution in [1.82, 2.24) is 20.2 Å². The fourth-order valence-corrected chi connectivity index (χ4v) is 3.74. The van der Waals surface area contributed by atoms with E-state index in [1.165, 1.54) is 18.3 Å². The maximum Gasteiger partial charge on any atom is 0.314 e. The van der Waals surface area contributed by atoms with Gasteiger partial charge in [0.1, 0.15) is 5.82 Å². The maximum atomic E-state index is 13.5. The molecule has 3 aromatic rings. The Morgan fingerprint density at radius 1 is 1.22 bits per heavy atom. The molecule has 0 atom stereocenters. The second-order valence-corrected chi connectivity index (χ2v) is 6.70. The van der Waals surface area contributed by atoms with E-state index >= 15 is 0 Å². The molecule has 2 N–H and O–H groups in total. The molecule has 1 saturated carbocycles. The molecule has 0 aliphatic heterocycles. The number of halogens is 4. The van der Waals surface area contributed by atoms with Crippen molar-refractivity contribution in [2.24, 2.45) is 0 Å². The van der Waals surface area contributed by atoms with E-state index < -0.39 is 23.5 Å². The van der Waals surface area contributed by atoms with Gasteiger partial charge in [0.05, 0.1) is 11.3 Å². The first-order valence-electron chi connectivity index (χ1n) is 8.11. The number of rotatable bonds is 4. The van der Waals surface area contributed by atoms with Crippen LogP contribution in [0.2, 0.25) is 5.02 Å². The van der Waals surface area contributed by atoms with Crippen molar-refractivity contribution < 1.29 is 17.6 Å². The first-order chi connectivity index (χ1) is 12.9. The number of nitrogens with zero attached hydrogens (tertiary/aromatic N) is 4. The van der Waals surface area contributed by atoms with Gasteiger partial charge in [-0.05, 0) is 30.5 Å². The van der Waals surface area contributed by atoms with E-state index in [1.54, 1.807) is 6.07 Å². The lowest BCUT2D eigenvalue weighted by molar-refractivity contribution is 0.116. The smallest absolute Gasteiger partial charge is 0.314 e. The van der Waals surface area contributed by atoms with Crippen molar-refractivity contribution in [3.05, 3.63) is 52.4 Å². The quantitative estimate of drug-likeness (QED) is 0.707. The van der Waals surface area contributed by atoms with Gasteiger partial charge in [0.2, 0.25) is 5.95 Å². The van der Waals surface area contributed by atoms with Crippen LogP contribution < -0.4 is 5.73 Å². The van der Waals surface area contributed by atoms with E-state index in [4.69, 9.17) is 21.8 Å². The number of anilines is 1. The van der Waals surface area contributed by atoms with Crippen molar-refractivity contribution in [2.45, 2.75) is 31.1 Å². The Bertz CT molecular complexity index is 1010. The van der Waals surface area contributed by atoms with Crippen molar-refractivity contribution in [3.63, 3.8) is 0 Å².